The topological polar surface area (TPSA) is 0 Å². The smallest absolute Gasteiger partial charge is 0.0880 e. The van der Waals surface area contributed by atoms with E-state index in [0.29, 0.717) is 22.3 Å². The summed E-state index contributed by atoms with van der Waals surface area (Å²) in [6.07, 6.45) is 6.68. The van der Waals surface area contributed by atoms with Crippen LogP contribution >= 0.6 is 11.6 Å². The Morgan fingerprint density at radius 3 is 2.59 bits per heavy atom. The van der Waals surface area contributed by atoms with Crippen LogP contribution in [0.15, 0.2) is 30.4 Å². The molecule has 0 aliphatic carbocycles. The zero-order valence-corrected chi connectivity index (χ0v) is 11.7. The number of hydrogen-bond acceptors (Lipinski definition) is 0. The number of hydrogen-bond donors (Lipinski definition) is 0. The van der Waals surface area contributed by atoms with Crippen molar-refractivity contribution < 1.29 is 0 Å². The van der Waals surface area contributed by atoms with Crippen LogP contribution in [-0.4, -0.2) is 7.85 Å². The van der Waals surface area contributed by atoms with Crippen LogP contribution in [0.3, 0.4) is 0 Å². The van der Waals surface area contributed by atoms with Gasteiger partial charge in [-0.05, 0) is 36.3 Å². The molecule has 0 heterocycles. The Bertz CT molecular complexity index is 383. The quantitative estimate of drug-likeness (QED) is 0.546. The van der Waals surface area contributed by atoms with Gasteiger partial charge in [0.05, 0.1) is 0 Å². The van der Waals surface area contributed by atoms with Crippen LogP contribution < -0.4 is 5.46 Å². The SMILES string of the molecule is [B]c1ccc(CC(C)C/C=C/C(C)C)cc1Cl. The summed E-state index contributed by atoms with van der Waals surface area (Å²) < 4.78 is 0. The summed E-state index contributed by atoms with van der Waals surface area (Å²) in [6.45, 7) is 6.65. The lowest BCUT2D eigenvalue weighted by atomic mass is 9.92. The van der Waals surface area contributed by atoms with E-state index in [1.165, 1.54) is 5.56 Å². The highest BCUT2D eigenvalue weighted by Crippen LogP contribution is 2.15. The van der Waals surface area contributed by atoms with Crippen LogP contribution in [0.2, 0.25) is 5.02 Å². The minimum atomic E-state index is 0.629. The fraction of sp³-hybridized carbons (Fsp3) is 0.467. The number of benzene rings is 1. The molecule has 0 fully saturated rings. The van der Waals surface area contributed by atoms with Crippen molar-refractivity contribution in [3.05, 3.63) is 40.9 Å². The second-order valence-electron chi connectivity index (χ2n) is 5.07. The normalized spacial score (nSPS) is 13.5. The van der Waals surface area contributed by atoms with Gasteiger partial charge >= 0.3 is 0 Å². The monoisotopic (exact) mass is 246 g/mol. The second kappa shape index (κ2) is 6.91. The van der Waals surface area contributed by atoms with E-state index in [1.807, 2.05) is 12.1 Å². The predicted octanol–water partition coefficient (Wildman–Crippen LogP) is 3.91. The molecule has 0 saturated carbocycles. The van der Waals surface area contributed by atoms with Gasteiger partial charge in [-0.15, -0.1) is 0 Å². The van der Waals surface area contributed by atoms with E-state index in [4.69, 9.17) is 19.4 Å². The molecule has 1 aromatic carbocycles. The van der Waals surface area contributed by atoms with Crippen LogP contribution in [0.4, 0.5) is 0 Å². The summed E-state index contributed by atoms with van der Waals surface area (Å²) in [6, 6.07) is 5.91. The molecule has 1 atom stereocenters. The second-order valence-corrected chi connectivity index (χ2v) is 5.48. The van der Waals surface area contributed by atoms with E-state index in [0.717, 1.165) is 12.8 Å². The van der Waals surface area contributed by atoms with Crippen molar-refractivity contribution in [3.63, 3.8) is 0 Å². The summed E-state index contributed by atoms with van der Waals surface area (Å²) in [5.41, 5.74) is 1.91. The van der Waals surface area contributed by atoms with E-state index >= 15 is 0 Å². The third-order valence-corrected chi connectivity index (χ3v) is 3.04. The molecule has 1 unspecified atom stereocenters. The first-order valence-corrected chi connectivity index (χ1v) is 6.57. The highest BCUT2D eigenvalue weighted by Gasteiger charge is 2.03. The van der Waals surface area contributed by atoms with Gasteiger partial charge in [-0.3, -0.25) is 0 Å². The first kappa shape index (κ1) is 14.4. The van der Waals surface area contributed by atoms with Gasteiger partial charge in [-0.1, -0.05) is 62.1 Å². The Kier molecular flexibility index (Phi) is 5.84. The molecule has 0 aliphatic heterocycles. The van der Waals surface area contributed by atoms with Crippen LogP contribution in [0.5, 0.6) is 0 Å². The van der Waals surface area contributed by atoms with Crippen LogP contribution in [0.25, 0.3) is 0 Å². The Balaban J connectivity index is 2.50. The van der Waals surface area contributed by atoms with Gasteiger partial charge in [0.15, 0.2) is 0 Å². The lowest BCUT2D eigenvalue weighted by Gasteiger charge is -2.10. The van der Waals surface area contributed by atoms with Crippen molar-refractivity contribution >= 4 is 24.9 Å². The third kappa shape index (κ3) is 5.45. The molecule has 0 spiro atoms. The lowest BCUT2D eigenvalue weighted by Crippen LogP contribution is -2.05. The average Bonchev–Trinajstić information content (AvgIpc) is 2.23. The van der Waals surface area contributed by atoms with Crippen molar-refractivity contribution in [3.8, 4) is 0 Å². The van der Waals surface area contributed by atoms with E-state index in [1.54, 1.807) is 0 Å². The van der Waals surface area contributed by atoms with E-state index in [2.05, 4.69) is 39.0 Å². The predicted molar refractivity (Wildman–Crippen MR) is 78.3 cm³/mol. The summed E-state index contributed by atoms with van der Waals surface area (Å²) in [5, 5.41) is 0.660. The molecule has 0 N–H and O–H groups in total. The first-order valence-electron chi connectivity index (χ1n) is 6.19. The molecule has 0 aromatic heterocycles. The maximum Gasteiger partial charge on any atom is 0.115 e. The Morgan fingerprint density at radius 1 is 1.29 bits per heavy atom. The Labute approximate surface area is 111 Å². The number of halogens is 1. The molecule has 0 bridgehead atoms. The van der Waals surface area contributed by atoms with Crippen LogP contribution in [0.1, 0.15) is 32.8 Å². The van der Waals surface area contributed by atoms with Gasteiger partial charge in [-0.25, -0.2) is 0 Å². The zero-order valence-electron chi connectivity index (χ0n) is 10.9. The molecule has 0 nitrogen and oxygen atoms in total. The van der Waals surface area contributed by atoms with Crippen molar-refractivity contribution in [1.29, 1.82) is 0 Å². The standard InChI is InChI=1S/C15H20BCl/c1-11(2)5-4-6-12(3)9-13-7-8-14(16)15(17)10-13/h4-5,7-8,10-12H,6,9H2,1-3H3/b5-4+. The molecule has 17 heavy (non-hydrogen) atoms. The third-order valence-electron chi connectivity index (χ3n) is 2.71. The molecule has 1 aromatic rings. The minimum Gasteiger partial charge on any atom is -0.0880 e. The van der Waals surface area contributed by atoms with Crippen molar-refractivity contribution in [2.75, 3.05) is 0 Å². The molecule has 0 amide bonds. The molecule has 90 valence electrons. The van der Waals surface area contributed by atoms with E-state index < -0.39 is 0 Å². The van der Waals surface area contributed by atoms with Crippen molar-refractivity contribution in [2.24, 2.45) is 11.8 Å². The largest absolute Gasteiger partial charge is 0.115 e. The van der Waals surface area contributed by atoms with Crippen molar-refractivity contribution in [2.45, 2.75) is 33.6 Å². The Hall–Kier alpha value is -0.685. The molecular formula is C15H20BCl. The van der Waals surface area contributed by atoms with Crippen LogP contribution in [0, 0.1) is 11.8 Å². The number of rotatable bonds is 5. The van der Waals surface area contributed by atoms with Crippen molar-refractivity contribution in [1.82, 2.24) is 0 Å². The summed E-state index contributed by atoms with van der Waals surface area (Å²) in [5.74, 6) is 1.26. The maximum atomic E-state index is 6.00. The Morgan fingerprint density at radius 2 is 2.00 bits per heavy atom. The van der Waals surface area contributed by atoms with E-state index in [9.17, 15) is 0 Å². The molecule has 0 aliphatic rings. The summed E-state index contributed by atoms with van der Waals surface area (Å²) in [4.78, 5) is 0. The maximum absolute atomic E-state index is 6.00. The number of allylic oxidation sites excluding steroid dienone is 2. The first-order chi connectivity index (χ1) is 7.99. The molecule has 2 heteroatoms. The van der Waals surface area contributed by atoms with E-state index in [-0.39, 0.29) is 0 Å². The van der Waals surface area contributed by atoms with Gasteiger partial charge in [0.2, 0.25) is 0 Å². The van der Waals surface area contributed by atoms with Crippen LogP contribution in [-0.2, 0) is 6.42 Å². The fourth-order valence-corrected chi connectivity index (χ4v) is 1.97. The molecular weight excluding hydrogens is 226 g/mol. The highest BCUT2D eigenvalue weighted by atomic mass is 35.5. The molecule has 1 rings (SSSR count). The lowest BCUT2D eigenvalue weighted by molar-refractivity contribution is 0.587. The van der Waals surface area contributed by atoms with Gasteiger partial charge in [0.1, 0.15) is 7.85 Å². The summed E-state index contributed by atoms with van der Waals surface area (Å²) >= 11 is 6.00. The zero-order chi connectivity index (χ0) is 12.8. The minimum absolute atomic E-state index is 0.629. The highest BCUT2D eigenvalue weighted by molar-refractivity contribution is 6.45. The van der Waals surface area contributed by atoms with Gasteiger partial charge < -0.3 is 0 Å². The van der Waals surface area contributed by atoms with Gasteiger partial charge in [0, 0.05) is 5.02 Å². The summed E-state index contributed by atoms with van der Waals surface area (Å²) in [7, 11) is 5.69. The fourth-order valence-electron chi connectivity index (χ4n) is 1.77. The van der Waals surface area contributed by atoms with Gasteiger partial charge in [-0.2, -0.15) is 0 Å². The molecule has 2 radical (unpaired) electrons. The average molecular weight is 247 g/mol. The van der Waals surface area contributed by atoms with Gasteiger partial charge in [0.25, 0.3) is 0 Å². The molecule has 0 saturated heterocycles.